The van der Waals surface area contributed by atoms with Gasteiger partial charge in [-0.05, 0) is 60.7 Å². The largest absolute Gasteiger partial charge is 0.429 e. The van der Waals surface area contributed by atoms with Gasteiger partial charge in [-0.1, -0.05) is 47.3 Å². The van der Waals surface area contributed by atoms with E-state index in [1.54, 1.807) is 12.1 Å². The fourth-order valence-corrected chi connectivity index (χ4v) is 3.36. The van der Waals surface area contributed by atoms with Crippen molar-refractivity contribution in [2.24, 2.45) is 0 Å². The number of ether oxygens (including phenoxy) is 1. The maximum atomic E-state index is 14.3. The van der Waals surface area contributed by atoms with E-state index < -0.39 is 6.11 Å². The fourth-order valence-electron chi connectivity index (χ4n) is 3.09. The van der Waals surface area contributed by atoms with Crippen molar-refractivity contribution in [3.05, 3.63) is 64.1 Å². The van der Waals surface area contributed by atoms with E-state index in [0.717, 1.165) is 22.9 Å². The van der Waals surface area contributed by atoms with Crippen molar-refractivity contribution in [2.75, 3.05) is 0 Å². The predicted molar refractivity (Wildman–Crippen MR) is 90.9 cm³/mol. The summed E-state index contributed by atoms with van der Waals surface area (Å²) in [6.07, 6.45) is 2.73. The van der Waals surface area contributed by atoms with Gasteiger partial charge in [0.05, 0.1) is 5.56 Å². The maximum Gasteiger partial charge on any atom is 0.426 e. The maximum absolute atomic E-state index is 14.3. The van der Waals surface area contributed by atoms with Crippen LogP contribution in [0.4, 0.5) is 8.78 Å². The van der Waals surface area contributed by atoms with Gasteiger partial charge >= 0.3 is 6.11 Å². The fraction of sp³-hybridized carbons (Fsp3) is 0.368. The van der Waals surface area contributed by atoms with E-state index in [9.17, 15) is 8.78 Å². The van der Waals surface area contributed by atoms with Crippen molar-refractivity contribution in [2.45, 2.75) is 44.1 Å². The van der Waals surface area contributed by atoms with Crippen LogP contribution in [0.3, 0.4) is 0 Å². The average Bonchev–Trinajstić information content (AvgIpc) is 2.58. The van der Waals surface area contributed by atoms with E-state index in [0.29, 0.717) is 5.92 Å². The Balaban J connectivity index is 1.72. The number of hydrogen-bond donors (Lipinski definition) is 0. The summed E-state index contributed by atoms with van der Waals surface area (Å²) in [5, 5.41) is 0. The van der Waals surface area contributed by atoms with Crippen molar-refractivity contribution in [1.82, 2.24) is 0 Å². The lowest BCUT2D eigenvalue weighted by molar-refractivity contribution is -0.185. The molecule has 122 valence electrons. The van der Waals surface area contributed by atoms with Gasteiger partial charge in [0.2, 0.25) is 0 Å². The summed E-state index contributed by atoms with van der Waals surface area (Å²) >= 11 is 3.27. The van der Waals surface area contributed by atoms with Crippen molar-refractivity contribution < 1.29 is 13.5 Å². The second kappa shape index (κ2) is 7.00. The monoisotopic (exact) mass is 380 g/mol. The second-order valence-electron chi connectivity index (χ2n) is 6.03. The standard InChI is InChI=1S/C19H19BrF2O/c20-17-10-12-18(13-11-17)23-19(21,22)16-8-6-15(7-9-16)14-4-2-1-3-5-14/h6-14H,1-5H2. The smallest absolute Gasteiger partial charge is 0.426 e. The molecule has 1 nitrogen and oxygen atoms in total. The van der Waals surface area contributed by atoms with Crippen LogP contribution in [0.25, 0.3) is 0 Å². The molecule has 1 aliphatic carbocycles. The van der Waals surface area contributed by atoms with E-state index in [1.807, 2.05) is 12.1 Å². The number of alkyl halides is 2. The minimum atomic E-state index is -3.33. The third-order valence-corrected chi connectivity index (χ3v) is 4.91. The zero-order valence-electron chi connectivity index (χ0n) is 12.8. The molecular formula is C19H19BrF2O. The molecule has 0 aromatic heterocycles. The van der Waals surface area contributed by atoms with Crippen LogP contribution in [-0.4, -0.2) is 0 Å². The molecule has 1 saturated carbocycles. The van der Waals surface area contributed by atoms with Crippen molar-refractivity contribution in [3.63, 3.8) is 0 Å². The Hall–Kier alpha value is -1.42. The quantitative estimate of drug-likeness (QED) is 0.578. The number of rotatable bonds is 4. The SMILES string of the molecule is FC(F)(Oc1ccc(Br)cc1)c1ccc(C2CCCCC2)cc1. The first-order valence-corrected chi connectivity index (χ1v) is 8.77. The molecule has 3 rings (SSSR count). The summed E-state index contributed by atoms with van der Waals surface area (Å²) in [7, 11) is 0. The zero-order chi connectivity index (χ0) is 16.3. The normalized spacial score (nSPS) is 16.3. The molecule has 0 amide bonds. The summed E-state index contributed by atoms with van der Waals surface area (Å²) in [6, 6.07) is 13.0. The highest BCUT2D eigenvalue weighted by atomic mass is 79.9. The molecule has 0 atom stereocenters. The first-order chi connectivity index (χ1) is 11.0. The van der Waals surface area contributed by atoms with Gasteiger partial charge in [-0.15, -0.1) is 0 Å². The minimum Gasteiger partial charge on any atom is -0.429 e. The number of halogens is 3. The molecule has 0 spiro atoms. The molecule has 23 heavy (non-hydrogen) atoms. The highest BCUT2D eigenvalue weighted by molar-refractivity contribution is 9.10. The number of hydrogen-bond acceptors (Lipinski definition) is 1. The Morgan fingerprint density at radius 2 is 1.48 bits per heavy atom. The van der Waals surface area contributed by atoms with E-state index in [2.05, 4.69) is 15.9 Å². The van der Waals surface area contributed by atoms with Gasteiger partial charge in [0.15, 0.2) is 0 Å². The van der Waals surface area contributed by atoms with Crippen LogP contribution in [0, 0.1) is 0 Å². The van der Waals surface area contributed by atoms with Crippen LogP contribution in [0.1, 0.15) is 49.1 Å². The van der Waals surface area contributed by atoms with Crippen molar-refractivity contribution in [1.29, 1.82) is 0 Å². The van der Waals surface area contributed by atoms with Crippen LogP contribution in [0.15, 0.2) is 53.0 Å². The Morgan fingerprint density at radius 3 is 2.09 bits per heavy atom. The van der Waals surface area contributed by atoms with Crippen LogP contribution in [0.2, 0.25) is 0 Å². The highest BCUT2D eigenvalue weighted by Crippen LogP contribution is 2.36. The van der Waals surface area contributed by atoms with E-state index in [1.165, 1.54) is 43.5 Å². The number of benzene rings is 2. The van der Waals surface area contributed by atoms with Gasteiger partial charge < -0.3 is 4.74 Å². The van der Waals surface area contributed by atoms with Crippen molar-refractivity contribution in [3.8, 4) is 5.75 Å². The summed E-state index contributed by atoms with van der Waals surface area (Å²) in [5.41, 5.74) is 1.05. The van der Waals surface area contributed by atoms with Gasteiger partial charge in [0.1, 0.15) is 5.75 Å². The van der Waals surface area contributed by atoms with Gasteiger partial charge in [0.25, 0.3) is 0 Å². The van der Waals surface area contributed by atoms with E-state index in [-0.39, 0.29) is 11.3 Å². The topological polar surface area (TPSA) is 9.23 Å². The molecule has 1 fully saturated rings. The first-order valence-electron chi connectivity index (χ1n) is 7.97. The van der Waals surface area contributed by atoms with E-state index >= 15 is 0 Å². The van der Waals surface area contributed by atoms with Crippen LogP contribution in [-0.2, 0) is 6.11 Å². The first kappa shape index (κ1) is 16.4. The second-order valence-corrected chi connectivity index (χ2v) is 6.95. The minimum absolute atomic E-state index is 0.111. The molecule has 0 radical (unpaired) electrons. The van der Waals surface area contributed by atoms with Crippen LogP contribution < -0.4 is 4.74 Å². The molecule has 0 aliphatic heterocycles. The summed E-state index contributed by atoms with van der Waals surface area (Å²) < 4.78 is 34.3. The molecular weight excluding hydrogens is 362 g/mol. The summed E-state index contributed by atoms with van der Waals surface area (Å²) in [4.78, 5) is 0. The molecule has 1 aliphatic rings. The third kappa shape index (κ3) is 4.11. The Labute approximate surface area is 143 Å². The molecule has 0 saturated heterocycles. The molecule has 0 unspecified atom stereocenters. The van der Waals surface area contributed by atoms with Crippen LogP contribution in [0.5, 0.6) is 5.75 Å². The van der Waals surface area contributed by atoms with Crippen LogP contribution >= 0.6 is 15.9 Å². The zero-order valence-corrected chi connectivity index (χ0v) is 14.4. The van der Waals surface area contributed by atoms with E-state index in [4.69, 9.17) is 4.74 Å². The van der Waals surface area contributed by atoms with Gasteiger partial charge in [-0.25, -0.2) is 0 Å². The summed E-state index contributed by atoms with van der Waals surface area (Å²) in [6.45, 7) is 0. The average molecular weight is 381 g/mol. The van der Waals surface area contributed by atoms with Gasteiger partial charge in [-0.2, -0.15) is 8.78 Å². The van der Waals surface area contributed by atoms with Gasteiger partial charge in [-0.3, -0.25) is 0 Å². The molecule has 2 aromatic carbocycles. The molecule has 0 bridgehead atoms. The lowest BCUT2D eigenvalue weighted by Crippen LogP contribution is -2.21. The third-order valence-electron chi connectivity index (χ3n) is 4.38. The summed E-state index contributed by atoms with van der Waals surface area (Å²) in [5.74, 6) is 0.661. The molecule has 2 aromatic rings. The lowest BCUT2D eigenvalue weighted by Gasteiger charge is -2.23. The Morgan fingerprint density at radius 1 is 0.870 bits per heavy atom. The highest BCUT2D eigenvalue weighted by Gasteiger charge is 2.34. The Kier molecular flexibility index (Phi) is 5.00. The molecule has 0 heterocycles. The van der Waals surface area contributed by atoms with Gasteiger partial charge in [0, 0.05) is 4.47 Å². The predicted octanol–water partition coefficient (Wildman–Crippen LogP) is 6.63. The Bertz CT molecular complexity index is 631. The molecule has 0 N–H and O–H groups in total. The molecule has 4 heteroatoms. The van der Waals surface area contributed by atoms with Crippen molar-refractivity contribution >= 4 is 15.9 Å². The lowest BCUT2D eigenvalue weighted by atomic mass is 9.84.